The van der Waals surface area contributed by atoms with Crippen molar-refractivity contribution in [3.05, 3.63) is 24.3 Å². The summed E-state index contributed by atoms with van der Waals surface area (Å²) in [6, 6.07) is 0. The second kappa shape index (κ2) is 2.47. The van der Waals surface area contributed by atoms with Gasteiger partial charge in [0.2, 0.25) is 5.91 Å². The molecule has 70 valence electrons. The summed E-state index contributed by atoms with van der Waals surface area (Å²) in [7, 11) is 0. The summed E-state index contributed by atoms with van der Waals surface area (Å²) in [4.78, 5) is 11.1. The van der Waals surface area contributed by atoms with E-state index in [1.165, 1.54) is 0 Å². The van der Waals surface area contributed by atoms with E-state index in [1.54, 1.807) is 0 Å². The fourth-order valence-corrected chi connectivity index (χ4v) is 2.41. The van der Waals surface area contributed by atoms with Gasteiger partial charge in [-0.1, -0.05) is 38.2 Å². The largest absolute Gasteiger partial charge is 0.346 e. The average molecular weight is 177 g/mol. The lowest BCUT2D eigenvalue weighted by Crippen LogP contribution is -2.30. The third-order valence-electron chi connectivity index (χ3n) is 3.10. The van der Waals surface area contributed by atoms with Crippen molar-refractivity contribution in [1.82, 2.24) is 5.32 Å². The van der Waals surface area contributed by atoms with Crippen molar-refractivity contribution in [2.24, 2.45) is 5.41 Å². The summed E-state index contributed by atoms with van der Waals surface area (Å²) >= 11 is 0. The first-order chi connectivity index (χ1) is 6.27. The highest BCUT2D eigenvalue weighted by Crippen LogP contribution is 2.65. The van der Waals surface area contributed by atoms with Gasteiger partial charge in [0.05, 0.1) is 5.54 Å². The van der Waals surface area contributed by atoms with E-state index in [2.05, 4.69) is 17.5 Å². The van der Waals surface area contributed by atoms with Crippen LogP contribution < -0.4 is 5.32 Å². The van der Waals surface area contributed by atoms with Crippen molar-refractivity contribution in [3.8, 4) is 0 Å². The van der Waals surface area contributed by atoms with Gasteiger partial charge < -0.3 is 5.32 Å². The molecule has 1 aliphatic heterocycles. The molecule has 2 aliphatic carbocycles. The van der Waals surface area contributed by atoms with Crippen LogP contribution in [0.3, 0.4) is 0 Å². The molecule has 3 rings (SSSR count). The third kappa shape index (κ3) is 0.916. The van der Waals surface area contributed by atoms with Crippen LogP contribution in [0.2, 0.25) is 0 Å². The molecule has 2 atom stereocenters. The normalized spacial score (nSPS) is 42.8. The monoisotopic (exact) mass is 177 g/mol. The fraction of sp³-hybridized carbons (Fsp3) is 0.545. The Morgan fingerprint density at radius 1 is 1.31 bits per heavy atom. The average Bonchev–Trinajstić information content (AvgIpc) is 2.66. The fourth-order valence-electron chi connectivity index (χ4n) is 2.41. The summed E-state index contributed by atoms with van der Waals surface area (Å²) in [5.41, 5.74) is 0.220. The Morgan fingerprint density at radius 3 is 2.69 bits per heavy atom. The molecule has 2 fully saturated rings. The van der Waals surface area contributed by atoms with Crippen molar-refractivity contribution in [2.75, 3.05) is 0 Å². The van der Waals surface area contributed by atoms with Crippen LogP contribution in [-0.4, -0.2) is 11.4 Å². The smallest absolute Gasteiger partial charge is 0.221 e. The molecule has 0 bridgehead atoms. The first kappa shape index (κ1) is 8.54. The molecule has 3 aliphatic rings. The van der Waals surface area contributed by atoms with Crippen LogP contribution in [0, 0.1) is 5.41 Å². The van der Waals surface area contributed by atoms with Crippen LogP contribution in [0.15, 0.2) is 24.3 Å². The number of amides is 1. The number of carbonyl (C=O) groups is 1. The maximum Gasteiger partial charge on any atom is 0.221 e. The third-order valence-corrected chi connectivity index (χ3v) is 3.10. The molecule has 2 unspecified atom stereocenters. The van der Waals surface area contributed by atoms with E-state index in [-0.39, 0.29) is 16.9 Å². The zero-order valence-electron chi connectivity index (χ0n) is 8.13. The number of rotatable bonds is 0. The van der Waals surface area contributed by atoms with E-state index in [4.69, 9.17) is 0 Å². The summed E-state index contributed by atoms with van der Waals surface area (Å²) in [5, 5.41) is 3.02. The van der Waals surface area contributed by atoms with E-state index in [0.717, 1.165) is 6.42 Å². The maximum absolute atomic E-state index is 11.1. The zero-order valence-corrected chi connectivity index (χ0v) is 8.13. The standard InChI is InChI=1S/C9H9NO.C2H6/c11-7-5-8-3-1-2-4-9(8,6-8)10-7;1-2/h1-4H,5-6H2,(H,10,11);1-2H3. The van der Waals surface area contributed by atoms with E-state index < -0.39 is 0 Å². The Bertz CT molecular complexity index is 277. The van der Waals surface area contributed by atoms with Gasteiger partial charge in [-0.05, 0) is 6.42 Å². The molecule has 13 heavy (non-hydrogen) atoms. The first-order valence-electron chi connectivity index (χ1n) is 4.95. The number of nitrogens with one attached hydrogen (secondary N) is 1. The van der Waals surface area contributed by atoms with Gasteiger partial charge >= 0.3 is 0 Å². The molecular formula is C11H15NO. The number of allylic oxidation sites excluding steroid dienone is 2. The Balaban J connectivity index is 0.000000308. The van der Waals surface area contributed by atoms with E-state index in [0.29, 0.717) is 6.42 Å². The van der Waals surface area contributed by atoms with Crippen molar-refractivity contribution in [1.29, 1.82) is 0 Å². The van der Waals surface area contributed by atoms with Crippen molar-refractivity contribution in [2.45, 2.75) is 32.2 Å². The summed E-state index contributed by atoms with van der Waals surface area (Å²) < 4.78 is 0. The molecule has 2 nitrogen and oxygen atoms in total. The van der Waals surface area contributed by atoms with Crippen molar-refractivity contribution >= 4 is 5.91 Å². The molecule has 0 spiro atoms. The molecule has 1 N–H and O–H groups in total. The Labute approximate surface area is 78.7 Å². The highest BCUT2D eigenvalue weighted by Gasteiger charge is 2.70. The van der Waals surface area contributed by atoms with E-state index in [9.17, 15) is 4.79 Å². The van der Waals surface area contributed by atoms with Gasteiger partial charge in [0, 0.05) is 11.8 Å². The molecule has 0 aromatic carbocycles. The molecule has 1 amide bonds. The molecule has 1 saturated heterocycles. The summed E-state index contributed by atoms with van der Waals surface area (Å²) in [6.45, 7) is 4.00. The molecule has 0 aromatic heterocycles. The predicted octanol–water partition coefficient (Wildman–Crippen LogP) is 1.79. The van der Waals surface area contributed by atoms with E-state index >= 15 is 0 Å². The summed E-state index contributed by atoms with van der Waals surface area (Å²) in [6.07, 6.45) is 10.2. The quantitative estimate of drug-likeness (QED) is 0.600. The highest BCUT2D eigenvalue weighted by molar-refractivity contribution is 5.85. The lowest BCUT2D eigenvalue weighted by Gasteiger charge is -2.11. The van der Waals surface area contributed by atoms with Gasteiger partial charge in [-0.3, -0.25) is 4.79 Å². The lowest BCUT2D eigenvalue weighted by molar-refractivity contribution is -0.120. The van der Waals surface area contributed by atoms with Crippen LogP contribution in [0.25, 0.3) is 0 Å². The second-order valence-electron chi connectivity index (χ2n) is 3.75. The second-order valence-corrected chi connectivity index (χ2v) is 3.75. The first-order valence-corrected chi connectivity index (χ1v) is 4.95. The van der Waals surface area contributed by atoms with Gasteiger partial charge in [0.25, 0.3) is 0 Å². The molecular weight excluding hydrogens is 162 g/mol. The lowest BCUT2D eigenvalue weighted by atomic mass is 9.95. The minimum atomic E-state index is 0.0405. The minimum Gasteiger partial charge on any atom is -0.346 e. The van der Waals surface area contributed by atoms with Crippen molar-refractivity contribution in [3.63, 3.8) is 0 Å². The van der Waals surface area contributed by atoms with Gasteiger partial charge in [-0.15, -0.1) is 0 Å². The number of hydrogen-bond acceptors (Lipinski definition) is 1. The highest BCUT2D eigenvalue weighted by atomic mass is 16.2. The van der Waals surface area contributed by atoms with Gasteiger partial charge in [-0.25, -0.2) is 0 Å². The van der Waals surface area contributed by atoms with Crippen LogP contribution >= 0.6 is 0 Å². The van der Waals surface area contributed by atoms with Crippen LogP contribution in [0.5, 0.6) is 0 Å². The molecule has 1 heterocycles. The number of carbonyl (C=O) groups excluding carboxylic acids is 1. The molecule has 0 aromatic rings. The topological polar surface area (TPSA) is 29.1 Å². The maximum atomic E-state index is 11.1. The zero-order chi connectivity index (χ0) is 9.53. The Hall–Kier alpha value is -1.05. The number of piperidine rings is 1. The Kier molecular flexibility index (Phi) is 1.62. The number of hydrogen-bond donors (Lipinski definition) is 1. The molecule has 2 heteroatoms. The minimum absolute atomic E-state index is 0.0405. The predicted molar refractivity (Wildman–Crippen MR) is 52.2 cm³/mol. The van der Waals surface area contributed by atoms with Gasteiger partial charge in [-0.2, -0.15) is 0 Å². The summed E-state index contributed by atoms with van der Waals surface area (Å²) in [5.74, 6) is 0.201. The van der Waals surface area contributed by atoms with Gasteiger partial charge in [0.1, 0.15) is 0 Å². The van der Waals surface area contributed by atoms with Crippen LogP contribution in [-0.2, 0) is 4.79 Å². The van der Waals surface area contributed by atoms with Crippen LogP contribution in [0.4, 0.5) is 0 Å². The molecule has 1 saturated carbocycles. The van der Waals surface area contributed by atoms with E-state index in [1.807, 2.05) is 26.0 Å². The van der Waals surface area contributed by atoms with Gasteiger partial charge in [0.15, 0.2) is 0 Å². The Morgan fingerprint density at radius 2 is 2.00 bits per heavy atom. The van der Waals surface area contributed by atoms with Crippen molar-refractivity contribution < 1.29 is 4.79 Å². The SMILES string of the molecule is CC.O=C1CC23C=CC=CC2(C3)N1. The molecule has 0 radical (unpaired) electrons. The van der Waals surface area contributed by atoms with Crippen LogP contribution in [0.1, 0.15) is 26.7 Å².